The molecule has 0 saturated heterocycles. The first-order valence-electron chi connectivity index (χ1n) is 5.67. The van der Waals surface area contributed by atoms with E-state index in [1.165, 1.54) is 5.56 Å². The number of pyridine rings is 1. The van der Waals surface area contributed by atoms with E-state index >= 15 is 0 Å². The smallest absolute Gasteiger partial charge is 0.221 e. The minimum Gasteiger partial charge on any atom is -0.373 e. The van der Waals surface area contributed by atoms with E-state index in [1.807, 2.05) is 26.2 Å². The Labute approximate surface area is 102 Å². The van der Waals surface area contributed by atoms with Gasteiger partial charge in [-0.2, -0.15) is 0 Å². The van der Waals surface area contributed by atoms with Gasteiger partial charge in [-0.05, 0) is 24.7 Å². The lowest BCUT2D eigenvalue weighted by Gasteiger charge is -2.16. The molecule has 0 atom stereocenters. The van der Waals surface area contributed by atoms with Crippen LogP contribution in [0.1, 0.15) is 12.0 Å². The van der Waals surface area contributed by atoms with Gasteiger partial charge >= 0.3 is 0 Å². The SMILES string of the molecule is CNC(=O)CCN(C)Cc1ccnc(NC)c1. The van der Waals surface area contributed by atoms with Gasteiger partial charge in [0.1, 0.15) is 5.82 Å². The number of hydrogen-bond acceptors (Lipinski definition) is 4. The van der Waals surface area contributed by atoms with Crippen molar-refractivity contribution in [2.45, 2.75) is 13.0 Å². The summed E-state index contributed by atoms with van der Waals surface area (Å²) >= 11 is 0. The van der Waals surface area contributed by atoms with Crippen molar-refractivity contribution in [3.8, 4) is 0 Å². The van der Waals surface area contributed by atoms with Crippen LogP contribution in [0.25, 0.3) is 0 Å². The summed E-state index contributed by atoms with van der Waals surface area (Å²) in [5.74, 6) is 0.935. The molecule has 0 radical (unpaired) electrons. The monoisotopic (exact) mass is 236 g/mol. The highest BCUT2D eigenvalue weighted by atomic mass is 16.1. The number of rotatable bonds is 6. The molecule has 1 aromatic heterocycles. The topological polar surface area (TPSA) is 57.3 Å². The number of anilines is 1. The molecule has 1 amide bonds. The van der Waals surface area contributed by atoms with E-state index in [2.05, 4.69) is 20.5 Å². The van der Waals surface area contributed by atoms with Crippen molar-refractivity contribution in [2.24, 2.45) is 0 Å². The minimum atomic E-state index is 0.0718. The average Bonchev–Trinajstić information content (AvgIpc) is 2.36. The highest BCUT2D eigenvalue weighted by molar-refractivity contribution is 5.75. The number of carbonyl (C=O) groups is 1. The molecule has 5 nitrogen and oxygen atoms in total. The molecule has 0 aliphatic heterocycles. The van der Waals surface area contributed by atoms with Crippen LogP contribution in [-0.4, -0.2) is 43.5 Å². The standard InChI is InChI=1S/C12H20N4O/c1-13-11-8-10(4-6-15-11)9-16(3)7-5-12(17)14-2/h4,6,8H,5,7,9H2,1-3H3,(H,13,15)(H,14,17). The molecule has 0 bridgehead atoms. The maximum atomic E-state index is 11.1. The maximum Gasteiger partial charge on any atom is 0.221 e. The molecule has 1 aromatic rings. The molecule has 17 heavy (non-hydrogen) atoms. The minimum absolute atomic E-state index is 0.0718. The number of nitrogens with one attached hydrogen (secondary N) is 2. The van der Waals surface area contributed by atoms with E-state index in [0.29, 0.717) is 6.42 Å². The zero-order valence-electron chi connectivity index (χ0n) is 10.7. The summed E-state index contributed by atoms with van der Waals surface area (Å²) in [7, 11) is 5.51. The van der Waals surface area contributed by atoms with Gasteiger partial charge in [-0.25, -0.2) is 4.98 Å². The van der Waals surface area contributed by atoms with Crippen molar-refractivity contribution in [3.05, 3.63) is 23.9 Å². The van der Waals surface area contributed by atoms with E-state index < -0.39 is 0 Å². The number of aromatic nitrogens is 1. The second-order valence-corrected chi connectivity index (χ2v) is 3.96. The molecular weight excluding hydrogens is 216 g/mol. The lowest BCUT2D eigenvalue weighted by Crippen LogP contribution is -2.26. The van der Waals surface area contributed by atoms with Crippen molar-refractivity contribution in [3.63, 3.8) is 0 Å². The predicted molar refractivity (Wildman–Crippen MR) is 68.8 cm³/mol. The summed E-state index contributed by atoms with van der Waals surface area (Å²) in [5, 5.41) is 5.62. The molecular formula is C12H20N4O. The van der Waals surface area contributed by atoms with E-state index in [-0.39, 0.29) is 5.91 Å². The Bertz CT molecular complexity index is 367. The molecule has 0 unspecified atom stereocenters. The summed E-state index contributed by atoms with van der Waals surface area (Å²) in [5.41, 5.74) is 1.18. The molecule has 0 aromatic carbocycles. The van der Waals surface area contributed by atoms with Crippen LogP contribution in [0.2, 0.25) is 0 Å². The second-order valence-electron chi connectivity index (χ2n) is 3.96. The summed E-state index contributed by atoms with van der Waals surface area (Å²) in [4.78, 5) is 17.4. The van der Waals surface area contributed by atoms with E-state index in [1.54, 1.807) is 13.2 Å². The van der Waals surface area contributed by atoms with Crippen LogP contribution in [0.5, 0.6) is 0 Å². The first-order valence-corrected chi connectivity index (χ1v) is 5.67. The average molecular weight is 236 g/mol. The number of hydrogen-bond donors (Lipinski definition) is 2. The fraction of sp³-hybridized carbons (Fsp3) is 0.500. The summed E-state index contributed by atoms with van der Waals surface area (Å²) in [6.07, 6.45) is 2.31. The first-order chi connectivity index (χ1) is 8.15. The Balaban J connectivity index is 2.44. The Morgan fingerprint density at radius 3 is 2.88 bits per heavy atom. The van der Waals surface area contributed by atoms with Crippen molar-refractivity contribution < 1.29 is 4.79 Å². The van der Waals surface area contributed by atoms with Crippen molar-refractivity contribution in [1.82, 2.24) is 15.2 Å². The quantitative estimate of drug-likeness (QED) is 0.763. The third-order valence-electron chi connectivity index (χ3n) is 2.53. The van der Waals surface area contributed by atoms with Crippen LogP contribution in [0, 0.1) is 0 Å². The van der Waals surface area contributed by atoms with Crippen LogP contribution in [-0.2, 0) is 11.3 Å². The summed E-state index contributed by atoms with van der Waals surface area (Å²) < 4.78 is 0. The molecule has 0 saturated carbocycles. The van der Waals surface area contributed by atoms with Gasteiger partial charge in [-0.3, -0.25) is 4.79 Å². The van der Waals surface area contributed by atoms with Gasteiger partial charge in [0.25, 0.3) is 0 Å². The molecule has 5 heteroatoms. The zero-order valence-corrected chi connectivity index (χ0v) is 10.7. The Hall–Kier alpha value is -1.62. The van der Waals surface area contributed by atoms with Crippen molar-refractivity contribution >= 4 is 11.7 Å². The van der Waals surface area contributed by atoms with Gasteiger partial charge in [-0.1, -0.05) is 0 Å². The summed E-state index contributed by atoms with van der Waals surface area (Å²) in [6.45, 7) is 1.56. The Morgan fingerprint density at radius 2 is 2.24 bits per heavy atom. The van der Waals surface area contributed by atoms with E-state index in [9.17, 15) is 4.79 Å². The molecule has 0 fully saturated rings. The molecule has 1 heterocycles. The normalized spacial score (nSPS) is 10.4. The van der Waals surface area contributed by atoms with Crippen LogP contribution in [0.4, 0.5) is 5.82 Å². The van der Waals surface area contributed by atoms with Gasteiger partial charge in [-0.15, -0.1) is 0 Å². The fourth-order valence-electron chi connectivity index (χ4n) is 1.52. The van der Waals surface area contributed by atoms with E-state index in [4.69, 9.17) is 0 Å². The van der Waals surface area contributed by atoms with Gasteiger partial charge in [0, 0.05) is 39.8 Å². The maximum absolute atomic E-state index is 11.1. The first kappa shape index (κ1) is 13.4. The Kier molecular flexibility index (Phi) is 5.42. The van der Waals surface area contributed by atoms with Crippen LogP contribution >= 0.6 is 0 Å². The van der Waals surface area contributed by atoms with Crippen LogP contribution in [0.3, 0.4) is 0 Å². The van der Waals surface area contributed by atoms with Crippen LogP contribution in [0.15, 0.2) is 18.3 Å². The van der Waals surface area contributed by atoms with Crippen molar-refractivity contribution in [1.29, 1.82) is 0 Å². The third kappa shape index (κ3) is 4.82. The molecule has 0 aliphatic carbocycles. The van der Waals surface area contributed by atoms with Gasteiger partial charge < -0.3 is 15.5 Å². The van der Waals surface area contributed by atoms with Crippen molar-refractivity contribution in [2.75, 3.05) is 33.0 Å². The lowest BCUT2D eigenvalue weighted by molar-refractivity contribution is -0.120. The van der Waals surface area contributed by atoms with Gasteiger partial charge in [0.2, 0.25) is 5.91 Å². The molecule has 1 rings (SSSR count). The van der Waals surface area contributed by atoms with E-state index in [0.717, 1.165) is 18.9 Å². The van der Waals surface area contributed by atoms with Gasteiger partial charge in [0.15, 0.2) is 0 Å². The molecule has 0 aliphatic rings. The molecule has 94 valence electrons. The van der Waals surface area contributed by atoms with Gasteiger partial charge in [0.05, 0.1) is 0 Å². The zero-order chi connectivity index (χ0) is 12.7. The highest BCUT2D eigenvalue weighted by Gasteiger charge is 2.04. The number of carbonyl (C=O) groups excluding carboxylic acids is 1. The largest absolute Gasteiger partial charge is 0.373 e. The fourth-order valence-corrected chi connectivity index (χ4v) is 1.52. The number of amides is 1. The number of nitrogens with zero attached hydrogens (tertiary/aromatic N) is 2. The lowest BCUT2D eigenvalue weighted by atomic mass is 10.2. The molecule has 2 N–H and O–H groups in total. The molecule has 0 spiro atoms. The second kappa shape index (κ2) is 6.85. The summed E-state index contributed by atoms with van der Waals surface area (Å²) in [6, 6.07) is 3.99. The predicted octanol–water partition coefficient (Wildman–Crippen LogP) is 0.691. The highest BCUT2D eigenvalue weighted by Crippen LogP contribution is 2.08. The Morgan fingerprint density at radius 1 is 1.47 bits per heavy atom. The third-order valence-corrected chi connectivity index (χ3v) is 2.53. The van der Waals surface area contributed by atoms with Crippen LogP contribution < -0.4 is 10.6 Å².